The number of hydrogen-bond donors (Lipinski definition) is 2. The average Bonchev–Trinajstić information content (AvgIpc) is 2.69. The Balaban J connectivity index is 2.06. The van der Waals surface area contributed by atoms with E-state index in [-0.39, 0.29) is 11.6 Å². The zero-order valence-corrected chi connectivity index (χ0v) is 11.6. The molecule has 1 unspecified atom stereocenters. The first-order valence-corrected chi connectivity index (χ1v) is 7.34. The van der Waals surface area contributed by atoms with Crippen LogP contribution in [0.15, 0.2) is 29.2 Å². The maximum atomic E-state index is 10.3. The van der Waals surface area contributed by atoms with Crippen LogP contribution >= 0.6 is 11.8 Å². The molecule has 0 radical (unpaired) electrons. The number of aliphatic hydroxyl groups is 1. The van der Waals surface area contributed by atoms with Crippen LogP contribution in [0, 0.1) is 0 Å². The Morgan fingerprint density at radius 3 is 2.47 bits per heavy atom. The second kappa shape index (κ2) is 5.01. The lowest BCUT2D eigenvalue weighted by atomic mass is 10.0. The van der Waals surface area contributed by atoms with Gasteiger partial charge in [-0.3, -0.25) is 0 Å². The van der Waals surface area contributed by atoms with Crippen molar-refractivity contribution in [2.75, 3.05) is 6.26 Å². The van der Waals surface area contributed by atoms with E-state index in [1.165, 1.54) is 4.90 Å². The van der Waals surface area contributed by atoms with Crippen molar-refractivity contribution in [2.24, 2.45) is 0 Å². The molecule has 3 heteroatoms. The summed E-state index contributed by atoms with van der Waals surface area (Å²) in [5.41, 5.74) is 1.17. The molecule has 2 atom stereocenters. The molecule has 17 heavy (non-hydrogen) atoms. The smallest absolute Gasteiger partial charge is 0.0943 e. The van der Waals surface area contributed by atoms with Gasteiger partial charge in [0.15, 0.2) is 0 Å². The summed E-state index contributed by atoms with van der Waals surface area (Å²) in [6.07, 6.45) is 3.83. The monoisotopic (exact) mass is 251 g/mol. The van der Waals surface area contributed by atoms with Crippen LogP contribution in [0.3, 0.4) is 0 Å². The maximum Gasteiger partial charge on any atom is 0.0943 e. The van der Waals surface area contributed by atoms with Gasteiger partial charge in [0.25, 0.3) is 0 Å². The largest absolute Gasteiger partial charge is 0.387 e. The van der Waals surface area contributed by atoms with E-state index >= 15 is 0 Å². The standard InChI is InChI=1S/C14H21NOS/c1-14(2)9-8-12(15-14)13(16)10-4-6-11(17-3)7-5-10/h4-7,12-13,15-16H,8-9H2,1-3H3/t12?,13-/m0/s1. The number of thioether (sulfide) groups is 1. The molecule has 1 fully saturated rings. The van der Waals surface area contributed by atoms with Crippen molar-refractivity contribution in [1.29, 1.82) is 0 Å². The third kappa shape index (κ3) is 3.03. The van der Waals surface area contributed by atoms with E-state index in [4.69, 9.17) is 0 Å². The maximum absolute atomic E-state index is 10.3. The third-order valence-electron chi connectivity index (χ3n) is 3.49. The van der Waals surface area contributed by atoms with Crippen LogP contribution in [0.4, 0.5) is 0 Å². The van der Waals surface area contributed by atoms with Gasteiger partial charge in [-0.2, -0.15) is 0 Å². The number of nitrogens with one attached hydrogen (secondary N) is 1. The van der Waals surface area contributed by atoms with Crippen molar-refractivity contribution < 1.29 is 5.11 Å². The molecule has 2 N–H and O–H groups in total. The molecule has 1 heterocycles. The molecule has 1 aromatic rings. The molecule has 0 amide bonds. The first-order valence-electron chi connectivity index (χ1n) is 6.11. The molecule has 0 bridgehead atoms. The molecule has 1 aliphatic heterocycles. The van der Waals surface area contributed by atoms with Gasteiger partial charge < -0.3 is 10.4 Å². The Bertz CT molecular complexity index is 374. The lowest BCUT2D eigenvalue weighted by Gasteiger charge is -2.24. The van der Waals surface area contributed by atoms with Crippen LogP contribution in [0.2, 0.25) is 0 Å². The van der Waals surface area contributed by atoms with Crippen molar-refractivity contribution in [3.05, 3.63) is 29.8 Å². The quantitative estimate of drug-likeness (QED) is 0.810. The average molecular weight is 251 g/mol. The molecule has 1 aromatic carbocycles. The van der Waals surface area contributed by atoms with Crippen LogP contribution in [-0.4, -0.2) is 22.9 Å². The molecular weight excluding hydrogens is 230 g/mol. The minimum atomic E-state index is -0.396. The number of rotatable bonds is 3. The molecule has 0 aromatic heterocycles. The number of benzene rings is 1. The molecule has 94 valence electrons. The van der Waals surface area contributed by atoms with Crippen molar-refractivity contribution in [3.8, 4) is 0 Å². The molecule has 2 nitrogen and oxygen atoms in total. The van der Waals surface area contributed by atoms with Crippen LogP contribution in [0.1, 0.15) is 38.4 Å². The molecular formula is C14H21NOS. The summed E-state index contributed by atoms with van der Waals surface area (Å²) >= 11 is 1.72. The van der Waals surface area contributed by atoms with Gasteiger partial charge >= 0.3 is 0 Å². The van der Waals surface area contributed by atoms with Crippen LogP contribution in [-0.2, 0) is 0 Å². The van der Waals surface area contributed by atoms with Gasteiger partial charge in [0, 0.05) is 16.5 Å². The summed E-state index contributed by atoms with van der Waals surface area (Å²) in [4.78, 5) is 1.24. The Labute approximate surface area is 108 Å². The molecule has 0 saturated carbocycles. The Hall–Kier alpha value is -0.510. The van der Waals surface area contributed by atoms with E-state index in [2.05, 4.69) is 37.6 Å². The molecule has 0 spiro atoms. The zero-order valence-electron chi connectivity index (χ0n) is 10.7. The van der Waals surface area contributed by atoms with Crippen molar-refractivity contribution in [1.82, 2.24) is 5.32 Å². The second-order valence-electron chi connectivity index (χ2n) is 5.39. The van der Waals surface area contributed by atoms with E-state index in [1.54, 1.807) is 11.8 Å². The van der Waals surface area contributed by atoms with Crippen LogP contribution in [0.25, 0.3) is 0 Å². The van der Waals surface area contributed by atoms with Gasteiger partial charge in [-0.1, -0.05) is 12.1 Å². The summed E-state index contributed by atoms with van der Waals surface area (Å²) in [5.74, 6) is 0. The fourth-order valence-corrected chi connectivity index (χ4v) is 2.84. The predicted octanol–water partition coefficient (Wildman–Crippen LogP) is 2.97. The molecule has 1 saturated heterocycles. The highest BCUT2D eigenvalue weighted by atomic mass is 32.2. The summed E-state index contributed by atoms with van der Waals surface area (Å²) in [6, 6.07) is 8.39. The fraction of sp³-hybridized carbons (Fsp3) is 0.571. The van der Waals surface area contributed by atoms with E-state index in [0.717, 1.165) is 18.4 Å². The first kappa shape index (κ1) is 12.9. The third-order valence-corrected chi connectivity index (χ3v) is 4.24. The minimum absolute atomic E-state index is 0.158. The first-order chi connectivity index (χ1) is 8.02. The Kier molecular flexibility index (Phi) is 3.81. The topological polar surface area (TPSA) is 32.3 Å². The van der Waals surface area contributed by atoms with Crippen molar-refractivity contribution >= 4 is 11.8 Å². The predicted molar refractivity (Wildman–Crippen MR) is 73.4 cm³/mol. The van der Waals surface area contributed by atoms with E-state index in [0.29, 0.717) is 0 Å². The highest BCUT2D eigenvalue weighted by Crippen LogP contribution is 2.30. The summed E-state index contributed by atoms with van der Waals surface area (Å²) in [6.45, 7) is 4.38. The lowest BCUT2D eigenvalue weighted by molar-refractivity contribution is 0.131. The summed E-state index contributed by atoms with van der Waals surface area (Å²) in [5, 5.41) is 13.8. The lowest BCUT2D eigenvalue weighted by Crippen LogP contribution is -2.40. The SMILES string of the molecule is CSc1ccc([C@H](O)C2CCC(C)(C)N2)cc1. The summed E-state index contributed by atoms with van der Waals surface area (Å²) in [7, 11) is 0. The molecule has 0 aliphatic carbocycles. The highest BCUT2D eigenvalue weighted by Gasteiger charge is 2.34. The fourth-order valence-electron chi connectivity index (χ4n) is 2.43. The Morgan fingerprint density at radius 2 is 2.00 bits per heavy atom. The van der Waals surface area contributed by atoms with Crippen LogP contribution in [0.5, 0.6) is 0 Å². The van der Waals surface area contributed by atoms with Gasteiger partial charge in [0.2, 0.25) is 0 Å². The number of hydrogen-bond acceptors (Lipinski definition) is 3. The number of aliphatic hydroxyl groups excluding tert-OH is 1. The molecule has 1 aliphatic rings. The normalized spacial score (nSPS) is 24.8. The summed E-state index contributed by atoms with van der Waals surface area (Å²) < 4.78 is 0. The van der Waals surface area contributed by atoms with Gasteiger partial charge in [-0.05, 0) is 50.6 Å². The van der Waals surface area contributed by atoms with Gasteiger partial charge in [-0.15, -0.1) is 11.8 Å². The van der Waals surface area contributed by atoms with Crippen molar-refractivity contribution in [2.45, 2.75) is 49.3 Å². The highest BCUT2D eigenvalue weighted by molar-refractivity contribution is 7.98. The Morgan fingerprint density at radius 1 is 1.35 bits per heavy atom. The van der Waals surface area contributed by atoms with Gasteiger partial charge in [0.1, 0.15) is 0 Å². The molecule has 2 rings (SSSR count). The second-order valence-corrected chi connectivity index (χ2v) is 6.27. The van der Waals surface area contributed by atoms with E-state index < -0.39 is 6.10 Å². The van der Waals surface area contributed by atoms with Crippen LogP contribution < -0.4 is 5.32 Å². The minimum Gasteiger partial charge on any atom is -0.387 e. The van der Waals surface area contributed by atoms with Gasteiger partial charge in [0.05, 0.1) is 6.10 Å². The van der Waals surface area contributed by atoms with Crippen molar-refractivity contribution in [3.63, 3.8) is 0 Å². The van der Waals surface area contributed by atoms with Gasteiger partial charge in [-0.25, -0.2) is 0 Å². The van der Waals surface area contributed by atoms with E-state index in [9.17, 15) is 5.11 Å². The zero-order chi connectivity index (χ0) is 12.5. The van der Waals surface area contributed by atoms with E-state index in [1.807, 2.05) is 12.1 Å².